The van der Waals surface area contributed by atoms with Crippen molar-refractivity contribution in [1.82, 2.24) is 19.2 Å². The molecule has 1 aliphatic carbocycles. The van der Waals surface area contributed by atoms with Crippen molar-refractivity contribution in [3.05, 3.63) is 47.9 Å². The molecule has 3 atom stereocenters. The van der Waals surface area contributed by atoms with Crippen LogP contribution in [0.2, 0.25) is 0 Å². The molecule has 2 aliphatic rings. The number of nitrogens with zero attached hydrogens (tertiary/aromatic N) is 3. The maximum atomic E-state index is 13.0. The molecule has 7 nitrogen and oxygen atoms in total. The Hall–Kier alpha value is -2.19. The zero-order valence-electron chi connectivity index (χ0n) is 14.8. The fourth-order valence-corrected chi connectivity index (χ4v) is 5.79. The Bertz CT molecular complexity index is 919. The Balaban J connectivity index is 1.54. The summed E-state index contributed by atoms with van der Waals surface area (Å²) in [7, 11) is -1.88. The highest BCUT2D eigenvalue weighted by atomic mass is 32.2. The van der Waals surface area contributed by atoms with Gasteiger partial charge in [0.2, 0.25) is 0 Å². The van der Waals surface area contributed by atoms with Gasteiger partial charge in [-0.15, -0.1) is 0 Å². The van der Waals surface area contributed by atoms with Gasteiger partial charge >= 0.3 is 0 Å². The maximum absolute atomic E-state index is 13.0. The molecule has 0 unspecified atom stereocenters. The lowest BCUT2D eigenvalue weighted by molar-refractivity contribution is 0.0917. The predicted octanol–water partition coefficient (Wildman–Crippen LogP) is 1.31. The van der Waals surface area contributed by atoms with Gasteiger partial charge in [0.1, 0.15) is 5.82 Å². The molecule has 1 N–H and O–H groups in total. The molecule has 138 valence electrons. The summed E-state index contributed by atoms with van der Waals surface area (Å²) in [4.78, 5) is 16.6. The Morgan fingerprint density at radius 1 is 1.23 bits per heavy atom. The van der Waals surface area contributed by atoms with Gasteiger partial charge in [-0.25, -0.2) is 13.4 Å². The topological polar surface area (TPSA) is 84.3 Å². The zero-order chi connectivity index (χ0) is 18.5. The number of imidazole rings is 1. The van der Waals surface area contributed by atoms with Crippen molar-refractivity contribution in [1.29, 1.82) is 0 Å². The molecule has 8 heteroatoms. The second kappa shape index (κ2) is 6.21. The molecule has 1 saturated carbocycles. The van der Waals surface area contributed by atoms with Gasteiger partial charge in [-0.2, -0.15) is 4.31 Å². The highest BCUT2D eigenvalue weighted by molar-refractivity contribution is 7.89. The van der Waals surface area contributed by atoms with Crippen molar-refractivity contribution < 1.29 is 13.2 Å². The van der Waals surface area contributed by atoms with Crippen molar-refractivity contribution in [2.24, 2.45) is 13.0 Å². The summed E-state index contributed by atoms with van der Waals surface area (Å²) in [6, 6.07) is 8.63. The molecule has 26 heavy (non-hydrogen) atoms. The predicted molar refractivity (Wildman–Crippen MR) is 96.0 cm³/mol. The van der Waals surface area contributed by atoms with Crippen LogP contribution in [0.5, 0.6) is 0 Å². The molecule has 4 rings (SSSR count). The molecular formula is C18H22N4O3S. The van der Waals surface area contributed by atoms with Crippen LogP contribution in [-0.4, -0.2) is 46.8 Å². The molecule has 0 spiro atoms. The molecule has 0 radical (unpaired) electrons. The van der Waals surface area contributed by atoms with Crippen molar-refractivity contribution in [2.45, 2.75) is 36.9 Å². The number of nitrogens with one attached hydrogen (secondary N) is 1. The number of fused-ring (bicyclic) bond motifs is 2. The number of sulfonamides is 1. The summed E-state index contributed by atoms with van der Waals surface area (Å²) in [5.74, 6) is 0.775. The fourth-order valence-electron chi connectivity index (χ4n) is 4.02. The number of hydrogen-bond donors (Lipinski definition) is 1. The van der Waals surface area contributed by atoms with Gasteiger partial charge in [0.05, 0.1) is 0 Å². The fraction of sp³-hybridized carbons (Fsp3) is 0.444. The van der Waals surface area contributed by atoms with Crippen LogP contribution in [0.15, 0.2) is 41.6 Å². The maximum Gasteiger partial charge on any atom is 0.262 e. The minimum Gasteiger partial charge on any atom is -0.348 e. The normalized spacial score (nSPS) is 25.5. The first-order valence-corrected chi connectivity index (χ1v) is 10.2. The van der Waals surface area contributed by atoms with Crippen LogP contribution in [0.3, 0.4) is 0 Å². The molecule has 1 saturated heterocycles. The van der Waals surface area contributed by atoms with E-state index in [2.05, 4.69) is 10.3 Å². The first kappa shape index (κ1) is 17.2. The summed E-state index contributed by atoms with van der Waals surface area (Å²) in [6.45, 7) is 2.28. The number of carbonyl (C=O) groups is 1. The second-order valence-corrected chi connectivity index (χ2v) is 9.00. The third-order valence-electron chi connectivity index (χ3n) is 5.45. The van der Waals surface area contributed by atoms with E-state index in [9.17, 15) is 13.2 Å². The van der Waals surface area contributed by atoms with Gasteiger partial charge in [-0.05, 0) is 37.8 Å². The minimum atomic E-state index is -3.65. The summed E-state index contributed by atoms with van der Waals surface area (Å²) >= 11 is 0. The smallest absolute Gasteiger partial charge is 0.262 e. The number of hydrogen-bond acceptors (Lipinski definition) is 4. The first-order chi connectivity index (χ1) is 12.4. The number of piperidine rings is 1. The van der Waals surface area contributed by atoms with Gasteiger partial charge in [0, 0.05) is 37.4 Å². The van der Waals surface area contributed by atoms with Crippen molar-refractivity contribution >= 4 is 15.9 Å². The van der Waals surface area contributed by atoms with Crippen LogP contribution in [-0.2, 0) is 17.1 Å². The van der Waals surface area contributed by atoms with Gasteiger partial charge in [0.25, 0.3) is 15.9 Å². The Labute approximate surface area is 153 Å². The SMILES string of the molecule is Cc1nc(S(=O)(=O)N2C[C@@H]3C[C@H](NC(=O)c4ccccc4)[C@H]2C3)cn1C. The molecule has 1 aliphatic heterocycles. The van der Waals surface area contributed by atoms with Crippen LogP contribution in [0.25, 0.3) is 0 Å². The third kappa shape index (κ3) is 2.83. The molecule has 1 aromatic heterocycles. The van der Waals surface area contributed by atoms with Crippen LogP contribution in [0.4, 0.5) is 0 Å². The van der Waals surface area contributed by atoms with Gasteiger partial charge < -0.3 is 9.88 Å². The van der Waals surface area contributed by atoms with Crippen LogP contribution < -0.4 is 5.32 Å². The van der Waals surface area contributed by atoms with Gasteiger partial charge in [0.15, 0.2) is 5.03 Å². The quantitative estimate of drug-likeness (QED) is 0.875. The van der Waals surface area contributed by atoms with E-state index in [1.54, 1.807) is 36.9 Å². The summed E-state index contributed by atoms with van der Waals surface area (Å²) in [5, 5.41) is 3.11. The van der Waals surface area contributed by atoms with Crippen LogP contribution in [0.1, 0.15) is 29.0 Å². The molecular weight excluding hydrogens is 352 g/mol. The van der Waals surface area contributed by atoms with Crippen molar-refractivity contribution in [2.75, 3.05) is 6.54 Å². The average Bonchev–Trinajstić information content (AvgIpc) is 3.31. The van der Waals surface area contributed by atoms with Crippen LogP contribution >= 0.6 is 0 Å². The molecule has 2 heterocycles. The average molecular weight is 374 g/mol. The summed E-state index contributed by atoms with van der Waals surface area (Å²) in [6.07, 6.45) is 3.15. The van der Waals surface area contributed by atoms with E-state index in [-0.39, 0.29) is 28.9 Å². The lowest BCUT2D eigenvalue weighted by atomic mass is 10.1. The Morgan fingerprint density at radius 3 is 2.58 bits per heavy atom. The Morgan fingerprint density at radius 2 is 1.96 bits per heavy atom. The van der Waals surface area contributed by atoms with E-state index in [0.717, 1.165) is 12.8 Å². The lowest BCUT2D eigenvalue weighted by Crippen LogP contribution is -2.51. The van der Waals surface area contributed by atoms with Gasteiger partial charge in [-0.3, -0.25) is 4.79 Å². The molecule has 1 amide bonds. The minimum absolute atomic E-state index is 0.0817. The number of carbonyl (C=O) groups excluding carboxylic acids is 1. The number of aromatic nitrogens is 2. The van der Waals surface area contributed by atoms with E-state index in [1.807, 2.05) is 18.2 Å². The zero-order valence-corrected chi connectivity index (χ0v) is 15.6. The van der Waals surface area contributed by atoms with E-state index in [4.69, 9.17) is 0 Å². The monoisotopic (exact) mass is 374 g/mol. The van der Waals surface area contributed by atoms with Crippen molar-refractivity contribution in [3.8, 4) is 0 Å². The standard InChI is InChI=1S/C18H22N4O3S/c1-12-19-17(11-21(12)2)26(24,25)22-10-13-8-15(16(22)9-13)20-18(23)14-6-4-3-5-7-14/h3-7,11,13,15-16H,8-10H2,1-2H3,(H,20,23)/t13-,15+,16-/m1/s1. The summed E-state index contributed by atoms with van der Waals surface area (Å²) < 4.78 is 29.3. The first-order valence-electron chi connectivity index (χ1n) is 8.74. The summed E-state index contributed by atoms with van der Waals surface area (Å²) in [5.41, 5.74) is 0.588. The largest absolute Gasteiger partial charge is 0.348 e. The number of aryl methyl sites for hydroxylation is 2. The third-order valence-corrected chi connectivity index (χ3v) is 7.21. The van der Waals surface area contributed by atoms with E-state index in [1.165, 1.54) is 4.31 Å². The highest BCUT2D eigenvalue weighted by Crippen LogP contribution is 2.40. The molecule has 2 fully saturated rings. The number of rotatable bonds is 4. The highest BCUT2D eigenvalue weighted by Gasteiger charge is 2.50. The van der Waals surface area contributed by atoms with E-state index < -0.39 is 10.0 Å². The van der Waals surface area contributed by atoms with E-state index >= 15 is 0 Å². The second-order valence-electron chi connectivity index (χ2n) is 7.16. The van der Waals surface area contributed by atoms with Gasteiger partial charge in [-0.1, -0.05) is 18.2 Å². The molecule has 2 bridgehead atoms. The molecule has 1 aromatic carbocycles. The number of benzene rings is 1. The van der Waals surface area contributed by atoms with Crippen molar-refractivity contribution in [3.63, 3.8) is 0 Å². The Kier molecular flexibility index (Phi) is 4.11. The van der Waals surface area contributed by atoms with Crippen LogP contribution in [0, 0.1) is 12.8 Å². The van der Waals surface area contributed by atoms with E-state index in [0.29, 0.717) is 17.9 Å². The lowest BCUT2D eigenvalue weighted by Gasteiger charge is -2.32. The molecule has 2 aromatic rings. The number of amides is 1.